The number of ketones is 1. The Morgan fingerprint density at radius 3 is 2.22 bits per heavy atom. The first-order chi connectivity index (χ1) is 20.0. The molecule has 212 valence electrons. The van der Waals surface area contributed by atoms with Gasteiger partial charge in [0, 0.05) is 30.6 Å². The van der Waals surface area contributed by atoms with Gasteiger partial charge in [0.25, 0.3) is 0 Å². The van der Waals surface area contributed by atoms with E-state index in [1.807, 2.05) is 54.6 Å². The molecule has 1 aliphatic heterocycles. The number of rotatable bonds is 11. The molecule has 0 bridgehead atoms. The van der Waals surface area contributed by atoms with Gasteiger partial charge >= 0.3 is 0 Å². The van der Waals surface area contributed by atoms with Gasteiger partial charge in [-0.2, -0.15) is 0 Å². The smallest absolute Gasteiger partial charge is 0.167 e. The van der Waals surface area contributed by atoms with Crippen LogP contribution in [0.4, 0.5) is 0 Å². The van der Waals surface area contributed by atoms with E-state index in [0.717, 1.165) is 77.4 Å². The highest BCUT2D eigenvalue weighted by Crippen LogP contribution is 2.34. The lowest BCUT2D eigenvalue weighted by atomic mass is 9.96. The number of benzene rings is 4. The number of carbonyl (C=O) groups excluding carboxylic acids is 1. The van der Waals surface area contributed by atoms with Crippen molar-refractivity contribution in [3.05, 3.63) is 102 Å². The standard InChI is InChI=1S/C36H39NO4/c1-4-22-40-36-17-14-30(25-34(36)29-6-5-7-33(24-29)39-3)35(38)23-26-8-10-27(11-9-26)28-12-15-31(16-13-28)41-32-18-20-37(2)21-19-32/h5-17,24-25,32H,4,18-23H2,1-3H3. The van der Waals surface area contributed by atoms with Crippen molar-refractivity contribution in [2.45, 2.75) is 38.7 Å². The quantitative estimate of drug-likeness (QED) is 0.179. The van der Waals surface area contributed by atoms with Crippen LogP contribution in [0, 0.1) is 0 Å². The fraction of sp³-hybridized carbons (Fsp3) is 0.306. The molecular formula is C36H39NO4. The number of Topliss-reactive ketones (excluding diaryl/α,β-unsaturated/α-hetero) is 1. The highest BCUT2D eigenvalue weighted by Gasteiger charge is 2.18. The Balaban J connectivity index is 1.26. The Hall–Kier alpha value is -4.09. The maximum atomic E-state index is 13.3. The third-order valence-corrected chi connectivity index (χ3v) is 7.62. The molecule has 1 heterocycles. The molecule has 41 heavy (non-hydrogen) atoms. The lowest BCUT2D eigenvalue weighted by Crippen LogP contribution is -2.35. The van der Waals surface area contributed by atoms with Crippen LogP contribution in [0.25, 0.3) is 22.3 Å². The van der Waals surface area contributed by atoms with Crippen molar-refractivity contribution in [2.24, 2.45) is 0 Å². The van der Waals surface area contributed by atoms with Crippen LogP contribution in [0.2, 0.25) is 0 Å². The average molecular weight is 550 g/mol. The second kappa shape index (κ2) is 13.5. The van der Waals surface area contributed by atoms with E-state index in [2.05, 4.69) is 55.3 Å². The highest BCUT2D eigenvalue weighted by atomic mass is 16.5. The molecule has 0 spiro atoms. The molecule has 0 unspecified atom stereocenters. The zero-order valence-corrected chi connectivity index (χ0v) is 24.3. The zero-order chi connectivity index (χ0) is 28.6. The number of likely N-dealkylation sites (tertiary alicyclic amines) is 1. The Bertz CT molecular complexity index is 1440. The lowest BCUT2D eigenvalue weighted by Gasteiger charge is -2.29. The first kappa shape index (κ1) is 28.4. The second-order valence-electron chi connectivity index (χ2n) is 10.7. The van der Waals surface area contributed by atoms with Gasteiger partial charge in [0.15, 0.2) is 5.78 Å². The summed E-state index contributed by atoms with van der Waals surface area (Å²) in [6.45, 7) is 4.86. The summed E-state index contributed by atoms with van der Waals surface area (Å²) in [4.78, 5) is 15.7. The summed E-state index contributed by atoms with van der Waals surface area (Å²) in [5.74, 6) is 2.52. The summed E-state index contributed by atoms with van der Waals surface area (Å²) >= 11 is 0. The minimum atomic E-state index is 0.0688. The van der Waals surface area contributed by atoms with E-state index < -0.39 is 0 Å². The molecule has 1 saturated heterocycles. The molecule has 0 aliphatic carbocycles. The SMILES string of the molecule is CCCOc1ccc(C(=O)Cc2ccc(-c3ccc(OC4CCN(C)CC4)cc3)cc2)cc1-c1cccc(OC)c1. The van der Waals surface area contributed by atoms with E-state index in [0.29, 0.717) is 24.7 Å². The summed E-state index contributed by atoms with van der Waals surface area (Å²) in [5.41, 5.74) is 5.74. The molecule has 5 rings (SSSR count). The van der Waals surface area contributed by atoms with Gasteiger partial charge < -0.3 is 19.1 Å². The fourth-order valence-corrected chi connectivity index (χ4v) is 5.18. The Labute approximate surface area is 243 Å². The van der Waals surface area contributed by atoms with Gasteiger partial charge in [0.2, 0.25) is 0 Å². The van der Waals surface area contributed by atoms with Crippen molar-refractivity contribution in [1.29, 1.82) is 0 Å². The predicted octanol–water partition coefficient (Wildman–Crippen LogP) is 7.72. The minimum Gasteiger partial charge on any atom is -0.497 e. The van der Waals surface area contributed by atoms with Gasteiger partial charge in [-0.15, -0.1) is 0 Å². The lowest BCUT2D eigenvalue weighted by molar-refractivity contribution is 0.0993. The van der Waals surface area contributed by atoms with Gasteiger partial charge in [-0.1, -0.05) is 55.5 Å². The van der Waals surface area contributed by atoms with Crippen molar-refractivity contribution in [2.75, 3.05) is 33.9 Å². The van der Waals surface area contributed by atoms with Gasteiger partial charge in [-0.25, -0.2) is 0 Å². The zero-order valence-electron chi connectivity index (χ0n) is 24.3. The minimum absolute atomic E-state index is 0.0688. The van der Waals surface area contributed by atoms with E-state index in [4.69, 9.17) is 14.2 Å². The van der Waals surface area contributed by atoms with Gasteiger partial charge in [0.1, 0.15) is 23.4 Å². The van der Waals surface area contributed by atoms with Gasteiger partial charge in [-0.05, 0) is 91.0 Å². The number of nitrogens with zero attached hydrogens (tertiary/aromatic N) is 1. The third kappa shape index (κ3) is 7.36. The first-order valence-corrected chi connectivity index (χ1v) is 14.5. The number of hydrogen-bond donors (Lipinski definition) is 0. The number of carbonyl (C=O) groups is 1. The topological polar surface area (TPSA) is 48.0 Å². The van der Waals surface area contributed by atoms with Crippen LogP contribution in [0.15, 0.2) is 91.0 Å². The monoisotopic (exact) mass is 549 g/mol. The molecule has 5 heteroatoms. The van der Waals surface area contributed by atoms with Crippen molar-refractivity contribution >= 4 is 5.78 Å². The third-order valence-electron chi connectivity index (χ3n) is 7.62. The molecule has 0 atom stereocenters. The van der Waals surface area contributed by atoms with Crippen molar-refractivity contribution in [3.8, 4) is 39.5 Å². The maximum absolute atomic E-state index is 13.3. The maximum Gasteiger partial charge on any atom is 0.167 e. The summed E-state index contributed by atoms with van der Waals surface area (Å²) in [6, 6.07) is 30.1. The van der Waals surface area contributed by atoms with Crippen molar-refractivity contribution in [1.82, 2.24) is 4.90 Å². The highest BCUT2D eigenvalue weighted by molar-refractivity contribution is 5.99. The summed E-state index contributed by atoms with van der Waals surface area (Å²) < 4.78 is 17.6. The van der Waals surface area contributed by atoms with Crippen LogP contribution in [0.1, 0.15) is 42.1 Å². The van der Waals surface area contributed by atoms with Crippen LogP contribution in [-0.2, 0) is 6.42 Å². The van der Waals surface area contributed by atoms with E-state index >= 15 is 0 Å². The summed E-state index contributed by atoms with van der Waals surface area (Å²) in [6.07, 6.45) is 3.66. The Morgan fingerprint density at radius 2 is 1.54 bits per heavy atom. The van der Waals surface area contributed by atoms with Crippen LogP contribution in [0.3, 0.4) is 0 Å². The van der Waals surface area contributed by atoms with Gasteiger partial charge in [-0.3, -0.25) is 4.79 Å². The molecule has 4 aromatic carbocycles. The molecule has 0 radical (unpaired) electrons. The van der Waals surface area contributed by atoms with Crippen molar-refractivity contribution < 1.29 is 19.0 Å². The predicted molar refractivity (Wildman–Crippen MR) is 165 cm³/mol. The molecule has 1 aliphatic rings. The molecule has 0 N–H and O–H groups in total. The summed E-state index contributed by atoms with van der Waals surface area (Å²) in [7, 11) is 3.81. The molecule has 0 saturated carbocycles. The molecule has 5 nitrogen and oxygen atoms in total. The van der Waals surface area contributed by atoms with E-state index in [1.54, 1.807) is 7.11 Å². The molecular weight excluding hydrogens is 510 g/mol. The Morgan fingerprint density at radius 1 is 0.829 bits per heavy atom. The van der Waals surface area contributed by atoms with Crippen molar-refractivity contribution in [3.63, 3.8) is 0 Å². The molecule has 1 fully saturated rings. The second-order valence-corrected chi connectivity index (χ2v) is 10.7. The Kier molecular flexibility index (Phi) is 9.37. The first-order valence-electron chi connectivity index (χ1n) is 14.5. The van der Waals surface area contributed by atoms with Crippen LogP contribution in [-0.4, -0.2) is 50.6 Å². The van der Waals surface area contributed by atoms with Crippen LogP contribution >= 0.6 is 0 Å². The van der Waals surface area contributed by atoms with Crippen LogP contribution in [0.5, 0.6) is 17.2 Å². The summed E-state index contributed by atoms with van der Waals surface area (Å²) in [5, 5.41) is 0. The van der Waals surface area contributed by atoms with Crippen LogP contribution < -0.4 is 14.2 Å². The molecule has 4 aromatic rings. The van der Waals surface area contributed by atoms with Gasteiger partial charge in [0.05, 0.1) is 13.7 Å². The average Bonchev–Trinajstić information content (AvgIpc) is 3.02. The fourth-order valence-electron chi connectivity index (χ4n) is 5.18. The number of piperidine rings is 1. The molecule has 0 aromatic heterocycles. The normalized spacial score (nSPS) is 14.0. The largest absolute Gasteiger partial charge is 0.497 e. The molecule has 0 amide bonds. The number of ether oxygens (including phenoxy) is 3. The number of hydrogen-bond acceptors (Lipinski definition) is 5. The van der Waals surface area contributed by atoms with E-state index in [1.165, 1.54) is 0 Å². The van der Waals surface area contributed by atoms with E-state index in [9.17, 15) is 4.79 Å². The van der Waals surface area contributed by atoms with E-state index in [-0.39, 0.29) is 5.78 Å². The number of methoxy groups -OCH3 is 1.